The van der Waals surface area contributed by atoms with Crippen molar-refractivity contribution in [1.29, 1.82) is 0 Å². The number of hydrogen-bond acceptors (Lipinski definition) is 3. The summed E-state index contributed by atoms with van der Waals surface area (Å²) in [7, 11) is -3.11. The van der Waals surface area contributed by atoms with E-state index < -0.39 is 10.0 Å². The molecule has 1 fully saturated rings. The van der Waals surface area contributed by atoms with Crippen LogP contribution in [0.25, 0.3) is 11.3 Å². The van der Waals surface area contributed by atoms with Gasteiger partial charge in [-0.25, -0.2) is 12.7 Å². The van der Waals surface area contributed by atoms with Gasteiger partial charge in [-0.2, -0.15) is 0 Å². The van der Waals surface area contributed by atoms with E-state index in [1.54, 1.807) is 6.07 Å². The predicted octanol–water partition coefficient (Wildman–Crippen LogP) is 1.45. The molecule has 1 aromatic carbocycles. The standard InChI is InChI=1S/C16H19N3O3S/c20-16(17-9-11-19-10-4-12-23(19,21)22)15-8-7-14(18-15)13-5-2-1-3-6-13/h1-3,5-8,18H,4,9-12H2,(H,17,20). The van der Waals surface area contributed by atoms with Crippen LogP contribution in [0, 0.1) is 0 Å². The lowest BCUT2D eigenvalue weighted by Crippen LogP contribution is -2.35. The van der Waals surface area contributed by atoms with Crippen molar-refractivity contribution >= 4 is 15.9 Å². The van der Waals surface area contributed by atoms with Gasteiger partial charge in [0.2, 0.25) is 10.0 Å². The molecule has 1 aliphatic rings. The Balaban J connectivity index is 1.56. The highest BCUT2D eigenvalue weighted by Gasteiger charge is 2.27. The molecule has 1 aromatic heterocycles. The van der Waals surface area contributed by atoms with Gasteiger partial charge in [-0.1, -0.05) is 30.3 Å². The molecular weight excluding hydrogens is 314 g/mol. The van der Waals surface area contributed by atoms with E-state index in [-0.39, 0.29) is 11.7 Å². The quantitative estimate of drug-likeness (QED) is 0.869. The minimum atomic E-state index is -3.11. The Morgan fingerprint density at radius 1 is 1.17 bits per heavy atom. The van der Waals surface area contributed by atoms with E-state index in [0.717, 1.165) is 11.3 Å². The first-order valence-electron chi connectivity index (χ1n) is 7.57. The van der Waals surface area contributed by atoms with Gasteiger partial charge >= 0.3 is 0 Å². The molecule has 0 aliphatic carbocycles. The SMILES string of the molecule is O=C(NCCN1CCCS1(=O)=O)c1ccc(-c2ccccc2)[nH]1. The fraction of sp³-hybridized carbons (Fsp3) is 0.312. The third-order valence-electron chi connectivity index (χ3n) is 3.87. The first kappa shape index (κ1) is 15.8. The average molecular weight is 333 g/mol. The minimum absolute atomic E-state index is 0.206. The van der Waals surface area contributed by atoms with Gasteiger partial charge in [-0.15, -0.1) is 0 Å². The van der Waals surface area contributed by atoms with Gasteiger partial charge < -0.3 is 10.3 Å². The second-order valence-corrected chi connectivity index (χ2v) is 7.56. The highest BCUT2D eigenvalue weighted by atomic mass is 32.2. The third kappa shape index (κ3) is 3.62. The number of amides is 1. The van der Waals surface area contributed by atoms with Gasteiger partial charge in [-0.05, 0) is 24.1 Å². The monoisotopic (exact) mass is 333 g/mol. The number of rotatable bonds is 5. The summed E-state index contributed by atoms with van der Waals surface area (Å²) in [5, 5.41) is 2.75. The summed E-state index contributed by atoms with van der Waals surface area (Å²) >= 11 is 0. The Bertz CT molecular complexity index is 784. The Morgan fingerprint density at radius 3 is 2.65 bits per heavy atom. The summed E-state index contributed by atoms with van der Waals surface area (Å²) in [6, 6.07) is 13.3. The second kappa shape index (κ2) is 6.55. The Hall–Kier alpha value is -2.12. The predicted molar refractivity (Wildman–Crippen MR) is 88.5 cm³/mol. The van der Waals surface area contributed by atoms with Crippen molar-refractivity contribution in [3.8, 4) is 11.3 Å². The summed E-state index contributed by atoms with van der Waals surface area (Å²) < 4.78 is 24.8. The van der Waals surface area contributed by atoms with E-state index in [9.17, 15) is 13.2 Å². The van der Waals surface area contributed by atoms with Crippen LogP contribution in [-0.2, 0) is 10.0 Å². The van der Waals surface area contributed by atoms with Gasteiger partial charge in [0.15, 0.2) is 0 Å². The molecule has 23 heavy (non-hydrogen) atoms. The lowest BCUT2D eigenvalue weighted by molar-refractivity contribution is 0.0947. The summed E-state index contributed by atoms with van der Waals surface area (Å²) in [5.41, 5.74) is 2.35. The molecular formula is C16H19N3O3S. The van der Waals surface area contributed by atoms with Gasteiger partial charge in [0.1, 0.15) is 5.69 Å². The molecule has 6 nitrogen and oxygen atoms in total. The van der Waals surface area contributed by atoms with Crippen LogP contribution < -0.4 is 5.32 Å². The van der Waals surface area contributed by atoms with Gasteiger partial charge in [-0.3, -0.25) is 4.79 Å². The Labute approximate surface area is 135 Å². The van der Waals surface area contributed by atoms with Crippen LogP contribution in [-0.4, -0.2) is 49.0 Å². The normalized spacial score (nSPS) is 17.2. The molecule has 0 saturated carbocycles. The molecule has 3 rings (SSSR count). The number of nitrogens with zero attached hydrogens (tertiary/aromatic N) is 1. The molecule has 122 valence electrons. The Morgan fingerprint density at radius 2 is 1.96 bits per heavy atom. The van der Waals surface area contributed by atoms with E-state index in [1.807, 2.05) is 36.4 Å². The molecule has 0 radical (unpaired) electrons. The molecule has 0 bridgehead atoms. The summed E-state index contributed by atoms with van der Waals surface area (Å²) in [4.78, 5) is 15.2. The number of carbonyl (C=O) groups is 1. The molecule has 2 N–H and O–H groups in total. The smallest absolute Gasteiger partial charge is 0.267 e. The van der Waals surface area contributed by atoms with Crippen LogP contribution in [0.2, 0.25) is 0 Å². The topological polar surface area (TPSA) is 82.3 Å². The molecule has 7 heteroatoms. The maximum Gasteiger partial charge on any atom is 0.267 e. The number of H-pyrrole nitrogens is 1. The Kier molecular flexibility index (Phi) is 4.49. The number of aromatic nitrogens is 1. The van der Waals surface area contributed by atoms with Crippen LogP contribution in [0.15, 0.2) is 42.5 Å². The lowest BCUT2D eigenvalue weighted by Gasteiger charge is -2.14. The molecule has 2 heterocycles. The number of nitrogens with one attached hydrogen (secondary N) is 2. The van der Waals surface area contributed by atoms with E-state index in [4.69, 9.17) is 0 Å². The number of hydrogen-bond donors (Lipinski definition) is 2. The van der Waals surface area contributed by atoms with Crippen molar-refractivity contribution in [1.82, 2.24) is 14.6 Å². The van der Waals surface area contributed by atoms with Crippen LogP contribution in [0.5, 0.6) is 0 Å². The van der Waals surface area contributed by atoms with Crippen molar-refractivity contribution in [3.63, 3.8) is 0 Å². The van der Waals surface area contributed by atoms with E-state index in [1.165, 1.54) is 4.31 Å². The molecule has 0 atom stereocenters. The summed E-state index contributed by atoms with van der Waals surface area (Å²) in [6.45, 7) is 1.16. The molecule has 0 unspecified atom stereocenters. The van der Waals surface area contributed by atoms with Gasteiger partial charge in [0.25, 0.3) is 5.91 Å². The number of carbonyl (C=O) groups excluding carboxylic acids is 1. The fourth-order valence-electron chi connectivity index (χ4n) is 2.65. The van der Waals surface area contributed by atoms with E-state index in [0.29, 0.717) is 31.7 Å². The van der Waals surface area contributed by atoms with Crippen LogP contribution in [0.4, 0.5) is 0 Å². The molecule has 1 saturated heterocycles. The van der Waals surface area contributed by atoms with Crippen LogP contribution in [0.3, 0.4) is 0 Å². The summed E-state index contributed by atoms with van der Waals surface area (Å²) in [5.74, 6) is -0.0263. The molecule has 1 amide bonds. The maximum absolute atomic E-state index is 12.1. The van der Waals surface area contributed by atoms with Crippen molar-refractivity contribution < 1.29 is 13.2 Å². The minimum Gasteiger partial charge on any atom is -0.351 e. The van der Waals surface area contributed by atoms with Crippen molar-refractivity contribution in [3.05, 3.63) is 48.2 Å². The molecule has 2 aromatic rings. The zero-order valence-corrected chi connectivity index (χ0v) is 13.5. The first-order chi connectivity index (χ1) is 11.1. The maximum atomic E-state index is 12.1. The van der Waals surface area contributed by atoms with Crippen LogP contribution >= 0.6 is 0 Å². The van der Waals surface area contributed by atoms with Crippen molar-refractivity contribution in [2.75, 3.05) is 25.4 Å². The van der Waals surface area contributed by atoms with Gasteiger partial charge in [0, 0.05) is 25.3 Å². The van der Waals surface area contributed by atoms with Crippen LogP contribution in [0.1, 0.15) is 16.9 Å². The van der Waals surface area contributed by atoms with E-state index >= 15 is 0 Å². The first-order valence-corrected chi connectivity index (χ1v) is 9.18. The highest BCUT2D eigenvalue weighted by molar-refractivity contribution is 7.89. The lowest BCUT2D eigenvalue weighted by atomic mass is 10.2. The zero-order valence-electron chi connectivity index (χ0n) is 12.7. The number of benzene rings is 1. The highest BCUT2D eigenvalue weighted by Crippen LogP contribution is 2.17. The molecule has 0 spiro atoms. The summed E-state index contributed by atoms with van der Waals surface area (Å²) in [6.07, 6.45) is 0.660. The van der Waals surface area contributed by atoms with E-state index in [2.05, 4.69) is 10.3 Å². The van der Waals surface area contributed by atoms with Crippen molar-refractivity contribution in [2.24, 2.45) is 0 Å². The largest absolute Gasteiger partial charge is 0.351 e. The number of sulfonamides is 1. The molecule has 1 aliphatic heterocycles. The fourth-order valence-corrected chi connectivity index (χ4v) is 4.17. The second-order valence-electron chi connectivity index (χ2n) is 5.48. The number of aromatic amines is 1. The third-order valence-corrected chi connectivity index (χ3v) is 5.82. The zero-order chi connectivity index (χ0) is 16.3. The van der Waals surface area contributed by atoms with Gasteiger partial charge in [0.05, 0.1) is 5.75 Å². The van der Waals surface area contributed by atoms with Crippen molar-refractivity contribution in [2.45, 2.75) is 6.42 Å². The average Bonchev–Trinajstić information content (AvgIpc) is 3.15.